The molecule has 0 saturated carbocycles. The summed E-state index contributed by atoms with van der Waals surface area (Å²) in [5, 5.41) is 3.71. The molecular weight excluding hydrogens is 364 g/mol. The van der Waals surface area contributed by atoms with Crippen LogP contribution in [0.2, 0.25) is 0 Å². The number of imidazole rings is 1. The van der Waals surface area contributed by atoms with Crippen molar-refractivity contribution in [2.45, 2.75) is 25.7 Å². The van der Waals surface area contributed by atoms with Gasteiger partial charge in [0.05, 0.1) is 5.69 Å². The lowest BCUT2D eigenvalue weighted by atomic mass is 10.1. The number of benzene rings is 1. The molecule has 0 spiro atoms. The van der Waals surface area contributed by atoms with Gasteiger partial charge in [-0.25, -0.2) is 13.4 Å². The Hall–Kier alpha value is -3.13. The lowest BCUT2D eigenvalue weighted by Gasteiger charge is -2.08. The largest absolute Gasteiger partial charge is 0.360 e. The van der Waals surface area contributed by atoms with Gasteiger partial charge in [0.1, 0.15) is 11.3 Å². The highest BCUT2D eigenvalue weighted by Gasteiger charge is 2.24. The second-order valence-corrected chi connectivity index (χ2v) is 8.01. The number of nitrogens with zero attached hydrogens (tertiary/aromatic N) is 3. The zero-order valence-electron chi connectivity index (χ0n) is 15.1. The summed E-state index contributed by atoms with van der Waals surface area (Å²) in [4.78, 5) is 4.72. The fourth-order valence-electron chi connectivity index (χ4n) is 3.10. The number of hydrogen-bond acceptors (Lipinski definition) is 5. The number of sulfonamides is 1. The number of pyridine rings is 1. The van der Waals surface area contributed by atoms with Gasteiger partial charge in [0.25, 0.3) is 10.0 Å². The van der Waals surface area contributed by atoms with Crippen molar-refractivity contribution in [3.63, 3.8) is 0 Å². The second kappa shape index (κ2) is 6.24. The molecule has 1 N–H and O–H groups in total. The predicted molar refractivity (Wildman–Crippen MR) is 102 cm³/mol. The van der Waals surface area contributed by atoms with Crippen LogP contribution in [0, 0.1) is 20.8 Å². The summed E-state index contributed by atoms with van der Waals surface area (Å²) in [7, 11) is -3.79. The number of aryl methyl sites for hydroxylation is 3. The monoisotopic (exact) mass is 382 g/mol. The molecule has 4 rings (SSSR count). The zero-order valence-corrected chi connectivity index (χ0v) is 15.9. The molecule has 3 heterocycles. The minimum Gasteiger partial charge on any atom is -0.360 e. The van der Waals surface area contributed by atoms with Crippen molar-refractivity contribution >= 4 is 21.4 Å². The van der Waals surface area contributed by atoms with Crippen LogP contribution in [0.25, 0.3) is 16.9 Å². The highest BCUT2D eigenvalue weighted by Crippen LogP contribution is 2.26. The molecule has 0 bridgehead atoms. The van der Waals surface area contributed by atoms with Crippen molar-refractivity contribution in [1.82, 2.24) is 14.5 Å². The number of anilines is 1. The number of nitrogens with one attached hydrogen (secondary N) is 1. The molecular formula is C19H18N4O3S. The smallest absolute Gasteiger partial charge is 0.267 e. The third kappa shape index (κ3) is 3.08. The maximum absolute atomic E-state index is 12.7. The van der Waals surface area contributed by atoms with Crippen molar-refractivity contribution in [1.29, 1.82) is 0 Å². The van der Waals surface area contributed by atoms with Crippen LogP contribution in [0.15, 0.2) is 58.2 Å². The van der Waals surface area contributed by atoms with Crippen LogP contribution >= 0.6 is 0 Å². The maximum Gasteiger partial charge on any atom is 0.267 e. The summed E-state index contributed by atoms with van der Waals surface area (Å²) in [6.07, 6.45) is 3.85. The van der Waals surface area contributed by atoms with Crippen LogP contribution in [0.3, 0.4) is 0 Å². The van der Waals surface area contributed by atoms with Gasteiger partial charge in [-0.15, -0.1) is 0 Å². The SMILES string of the molecule is Cc1noc(C)c1S(=O)(=O)Nc1cccc(-c2cn3cccc(C)c3n2)c1. The molecule has 138 valence electrons. The van der Waals surface area contributed by atoms with E-state index in [4.69, 9.17) is 4.52 Å². The average Bonchev–Trinajstić information content (AvgIpc) is 3.19. The van der Waals surface area contributed by atoms with E-state index in [0.29, 0.717) is 11.4 Å². The van der Waals surface area contributed by atoms with Crippen LogP contribution in [-0.4, -0.2) is 23.0 Å². The topological polar surface area (TPSA) is 89.5 Å². The van der Waals surface area contributed by atoms with Gasteiger partial charge in [-0.2, -0.15) is 0 Å². The van der Waals surface area contributed by atoms with E-state index < -0.39 is 10.0 Å². The molecule has 0 amide bonds. The molecule has 0 aliphatic rings. The Bertz CT molecular complexity index is 1240. The van der Waals surface area contributed by atoms with Crippen LogP contribution in [-0.2, 0) is 10.0 Å². The molecule has 0 saturated heterocycles. The number of aromatic nitrogens is 3. The molecule has 0 atom stereocenters. The van der Waals surface area contributed by atoms with Crippen molar-refractivity contribution in [3.8, 4) is 11.3 Å². The Balaban J connectivity index is 1.71. The molecule has 4 aromatic rings. The number of rotatable bonds is 4. The lowest BCUT2D eigenvalue weighted by molar-refractivity contribution is 0.390. The molecule has 0 aliphatic carbocycles. The summed E-state index contributed by atoms with van der Waals surface area (Å²) in [5.74, 6) is 0.256. The Morgan fingerprint density at radius 1 is 1.11 bits per heavy atom. The third-order valence-corrected chi connectivity index (χ3v) is 5.95. The first-order valence-corrected chi connectivity index (χ1v) is 9.84. The van der Waals surface area contributed by atoms with Gasteiger partial charge in [0, 0.05) is 23.6 Å². The van der Waals surface area contributed by atoms with Crippen molar-refractivity contribution in [2.75, 3.05) is 4.72 Å². The fourth-order valence-corrected chi connectivity index (χ4v) is 4.48. The summed E-state index contributed by atoms with van der Waals surface area (Å²) in [6, 6.07) is 11.1. The summed E-state index contributed by atoms with van der Waals surface area (Å²) < 4.78 is 34.9. The van der Waals surface area contributed by atoms with E-state index >= 15 is 0 Å². The van der Waals surface area contributed by atoms with Crippen molar-refractivity contribution in [2.24, 2.45) is 0 Å². The van der Waals surface area contributed by atoms with E-state index in [9.17, 15) is 8.42 Å². The average molecular weight is 382 g/mol. The van der Waals surface area contributed by atoms with Crippen LogP contribution in [0.4, 0.5) is 5.69 Å². The summed E-state index contributed by atoms with van der Waals surface area (Å²) in [6.45, 7) is 5.17. The Labute approximate surface area is 156 Å². The minimum absolute atomic E-state index is 0.0660. The normalized spacial score (nSPS) is 11.8. The Morgan fingerprint density at radius 2 is 1.93 bits per heavy atom. The molecule has 0 fully saturated rings. The van der Waals surface area contributed by atoms with Crippen molar-refractivity contribution in [3.05, 3.63) is 65.8 Å². The third-order valence-electron chi connectivity index (χ3n) is 4.33. The fraction of sp³-hybridized carbons (Fsp3) is 0.158. The molecule has 27 heavy (non-hydrogen) atoms. The van der Waals surface area contributed by atoms with Gasteiger partial charge in [-0.3, -0.25) is 4.72 Å². The summed E-state index contributed by atoms with van der Waals surface area (Å²) in [5.41, 5.74) is 4.29. The molecule has 1 aromatic carbocycles. The van der Waals surface area contributed by atoms with Gasteiger partial charge in [0.15, 0.2) is 10.7 Å². The predicted octanol–water partition coefficient (Wildman–Crippen LogP) is 3.72. The van der Waals surface area contributed by atoms with E-state index in [-0.39, 0.29) is 10.7 Å². The standard InChI is InChI=1S/C19H18N4O3S/c1-12-6-5-9-23-11-17(20-19(12)23)15-7-4-8-16(10-15)22-27(24,25)18-13(2)21-26-14(18)3/h4-11,22H,1-3H3. The van der Waals surface area contributed by atoms with E-state index in [1.54, 1.807) is 32.0 Å². The summed E-state index contributed by atoms with van der Waals surface area (Å²) >= 11 is 0. The first kappa shape index (κ1) is 17.3. The molecule has 0 radical (unpaired) electrons. The minimum atomic E-state index is -3.79. The quantitative estimate of drug-likeness (QED) is 0.581. The van der Waals surface area contributed by atoms with Crippen molar-refractivity contribution < 1.29 is 12.9 Å². The van der Waals surface area contributed by atoms with Gasteiger partial charge in [0.2, 0.25) is 0 Å². The van der Waals surface area contributed by atoms with Gasteiger partial charge >= 0.3 is 0 Å². The van der Waals surface area contributed by atoms with E-state index in [1.165, 1.54) is 0 Å². The first-order valence-electron chi connectivity index (χ1n) is 8.35. The molecule has 0 unspecified atom stereocenters. The second-order valence-electron chi connectivity index (χ2n) is 6.39. The molecule has 3 aromatic heterocycles. The zero-order chi connectivity index (χ0) is 19.2. The van der Waals surface area contributed by atoms with E-state index in [1.807, 2.05) is 41.9 Å². The molecule has 0 aliphatic heterocycles. The van der Waals surface area contributed by atoms with Gasteiger partial charge in [-0.1, -0.05) is 23.4 Å². The van der Waals surface area contributed by atoms with E-state index in [2.05, 4.69) is 14.9 Å². The molecule has 7 nitrogen and oxygen atoms in total. The van der Waals surface area contributed by atoms with Crippen LogP contribution < -0.4 is 4.72 Å². The first-order chi connectivity index (χ1) is 12.8. The maximum atomic E-state index is 12.7. The lowest BCUT2D eigenvalue weighted by Crippen LogP contribution is -2.14. The van der Waals surface area contributed by atoms with Crippen LogP contribution in [0.1, 0.15) is 17.0 Å². The highest BCUT2D eigenvalue weighted by molar-refractivity contribution is 7.92. The number of fused-ring (bicyclic) bond motifs is 1. The highest BCUT2D eigenvalue weighted by atomic mass is 32.2. The Kier molecular flexibility index (Phi) is 4.00. The van der Waals surface area contributed by atoms with E-state index in [0.717, 1.165) is 22.5 Å². The number of hydrogen-bond donors (Lipinski definition) is 1. The van der Waals surface area contributed by atoms with Gasteiger partial charge in [-0.05, 0) is 44.5 Å². The van der Waals surface area contributed by atoms with Crippen LogP contribution in [0.5, 0.6) is 0 Å². The Morgan fingerprint density at radius 3 is 2.63 bits per heavy atom. The van der Waals surface area contributed by atoms with Gasteiger partial charge < -0.3 is 8.92 Å². The molecule has 8 heteroatoms.